The number of aliphatic hydroxyl groups excluding tert-OH is 1. The molecule has 1 aromatic rings. The maximum absolute atomic E-state index is 9.74. The molecule has 15 heavy (non-hydrogen) atoms. The van der Waals surface area contributed by atoms with E-state index in [1.165, 1.54) is 4.90 Å². The van der Waals surface area contributed by atoms with E-state index in [9.17, 15) is 5.11 Å². The second-order valence-corrected chi connectivity index (χ2v) is 4.80. The second kappa shape index (κ2) is 4.90. The van der Waals surface area contributed by atoms with E-state index in [1.807, 2.05) is 12.1 Å². The summed E-state index contributed by atoms with van der Waals surface area (Å²) in [6.45, 7) is 0. The van der Waals surface area contributed by atoms with E-state index in [-0.39, 0.29) is 12.1 Å². The van der Waals surface area contributed by atoms with Gasteiger partial charge < -0.3 is 10.4 Å². The molecule has 0 radical (unpaired) electrons. The standard InChI is InChI=1S/C12H17NOS/c1-15-12-8-3-2-5-10(12)13-9-6-4-7-11(9)14/h2-3,5,8-9,11,13-14H,4,6-7H2,1H3/t9-,11-/m1/s1. The van der Waals surface area contributed by atoms with Crippen LogP contribution < -0.4 is 5.32 Å². The largest absolute Gasteiger partial charge is 0.391 e. The lowest BCUT2D eigenvalue weighted by Gasteiger charge is -2.19. The Balaban J connectivity index is 2.09. The molecule has 1 saturated carbocycles. The van der Waals surface area contributed by atoms with Gasteiger partial charge >= 0.3 is 0 Å². The van der Waals surface area contributed by atoms with Crippen LogP contribution in [-0.2, 0) is 0 Å². The van der Waals surface area contributed by atoms with Crippen LogP contribution in [-0.4, -0.2) is 23.5 Å². The molecule has 1 aromatic carbocycles. The van der Waals surface area contributed by atoms with Crippen molar-refractivity contribution in [3.63, 3.8) is 0 Å². The van der Waals surface area contributed by atoms with Crippen molar-refractivity contribution >= 4 is 17.4 Å². The molecule has 2 nitrogen and oxygen atoms in total. The van der Waals surface area contributed by atoms with E-state index < -0.39 is 0 Å². The predicted octanol–water partition coefficient (Wildman–Crippen LogP) is 2.73. The SMILES string of the molecule is CSc1ccccc1N[C@@H]1CCC[C@H]1O. The first-order valence-corrected chi connectivity index (χ1v) is 6.61. The van der Waals surface area contributed by atoms with Gasteiger partial charge in [0.15, 0.2) is 0 Å². The summed E-state index contributed by atoms with van der Waals surface area (Å²) in [5.41, 5.74) is 1.15. The number of anilines is 1. The summed E-state index contributed by atoms with van der Waals surface area (Å²) >= 11 is 1.74. The molecule has 2 rings (SSSR count). The van der Waals surface area contributed by atoms with Crippen LogP contribution in [0.15, 0.2) is 29.2 Å². The van der Waals surface area contributed by atoms with E-state index in [0.29, 0.717) is 0 Å². The maximum Gasteiger partial charge on any atom is 0.0741 e. The first kappa shape index (κ1) is 10.8. The topological polar surface area (TPSA) is 32.3 Å². The molecule has 0 unspecified atom stereocenters. The molecule has 0 saturated heterocycles. The summed E-state index contributed by atoms with van der Waals surface area (Å²) in [6, 6.07) is 8.50. The molecule has 0 amide bonds. The summed E-state index contributed by atoms with van der Waals surface area (Å²) in [4.78, 5) is 1.25. The van der Waals surface area contributed by atoms with Gasteiger partial charge in [-0.15, -0.1) is 11.8 Å². The highest BCUT2D eigenvalue weighted by atomic mass is 32.2. The third-order valence-electron chi connectivity index (χ3n) is 2.93. The van der Waals surface area contributed by atoms with Crippen LogP contribution in [0.4, 0.5) is 5.69 Å². The van der Waals surface area contributed by atoms with Gasteiger partial charge in [0.25, 0.3) is 0 Å². The molecule has 1 aliphatic rings. The molecular weight excluding hydrogens is 206 g/mol. The van der Waals surface area contributed by atoms with Gasteiger partial charge in [-0.05, 0) is 37.7 Å². The third kappa shape index (κ3) is 2.47. The van der Waals surface area contributed by atoms with Crippen molar-refractivity contribution in [2.75, 3.05) is 11.6 Å². The fourth-order valence-electron chi connectivity index (χ4n) is 2.07. The van der Waals surface area contributed by atoms with E-state index >= 15 is 0 Å². The van der Waals surface area contributed by atoms with Gasteiger partial charge in [0.05, 0.1) is 12.1 Å². The van der Waals surface area contributed by atoms with Crippen LogP contribution in [0.25, 0.3) is 0 Å². The van der Waals surface area contributed by atoms with Gasteiger partial charge in [-0.1, -0.05) is 12.1 Å². The predicted molar refractivity (Wildman–Crippen MR) is 65.5 cm³/mol. The Bertz CT molecular complexity index is 329. The first-order chi connectivity index (χ1) is 7.31. The van der Waals surface area contributed by atoms with Crippen LogP contribution in [0, 0.1) is 0 Å². The fraction of sp³-hybridized carbons (Fsp3) is 0.500. The fourth-order valence-corrected chi connectivity index (χ4v) is 2.63. The minimum absolute atomic E-state index is 0.181. The number of para-hydroxylation sites is 1. The third-order valence-corrected chi connectivity index (χ3v) is 3.72. The van der Waals surface area contributed by atoms with Crippen molar-refractivity contribution in [3.05, 3.63) is 24.3 Å². The van der Waals surface area contributed by atoms with E-state index in [2.05, 4.69) is 23.7 Å². The lowest BCUT2D eigenvalue weighted by molar-refractivity contribution is 0.171. The van der Waals surface area contributed by atoms with Gasteiger partial charge in [-0.3, -0.25) is 0 Å². The summed E-state index contributed by atoms with van der Waals surface area (Å²) < 4.78 is 0. The zero-order valence-electron chi connectivity index (χ0n) is 8.94. The number of aliphatic hydroxyl groups is 1. The minimum atomic E-state index is -0.181. The molecule has 1 aliphatic carbocycles. The molecule has 82 valence electrons. The molecule has 0 aliphatic heterocycles. The quantitative estimate of drug-likeness (QED) is 0.773. The molecule has 0 aromatic heterocycles. The Kier molecular flexibility index (Phi) is 3.54. The van der Waals surface area contributed by atoms with Gasteiger partial charge in [-0.2, -0.15) is 0 Å². The van der Waals surface area contributed by atoms with Crippen LogP contribution >= 0.6 is 11.8 Å². The number of hydrogen-bond donors (Lipinski definition) is 2. The molecule has 0 heterocycles. The zero-order valence-corrected chi connectivity index (χ0v) is 9.76. The van der Waals surface area contributed by atoms with Crippen LogP contribution in [0.1, 0.15) is 19.3 Å². The Morgan fingerprint density at radius 1 is 1.33 bits per heavy atom. The molecular formula is C12H17NOS. The molecule has 1 fully saturated rings. The van der Waals surface area contributed by atoms with Gasteiger partial charge in [0.1, 0.15) is 0 Å². The van der Waals surface area contributed by atoms with E-state index in [4.69, 9.17) is 0 Å². The number of hydrogen-bond acceptors (Lipinski definition) is 3. The Morgan fingerprint density at radius 2 is 2.13 bits per heavy atom. The summed E-state index contributed by atoms with van der Waals surface area (Å²) in [7, 11) is 0. The number of thioether (sulfide) groups is 1. The minimum Gasteiger partial charge on any atom is -0.391 e. The highest BCUT2D eigenvalue weighted by molar-refractivity contribution is 7.98. The maximum atomic E-state index is 9.74. The molecule has 2 atom stereocenters. The average molecular weight is 223 g/mol. The smallest absolute Gasteiger partial charge is 0.0741 e. The summed E-state index contributed by atoms with van der Waals surface area (Å²) in [5.74, 6) is 0. The highest BCUT2D eigenvalue weighted by Gasteiger charge is 2.25. The summed E-state index contributed by atoms with van der Waals surface area (Å²) in [6.07, 6.45) is 5.02. The van der Waals surface area contributed by atoms with Crippen molar-refractivity contribution in [2.45, 2.75) is 36.3 Å². The number of benzene rings is 1. The first-order valence-electron chi connectivity index (χ1n) is 5.39. The normalized spacial score (nSPS) is 25.5. The monoisotopic (exact) mass is 223 g/mol. The van der Waals surface area contributed by atoms with Crippen LogP contribution in [0.2, 0.25) is 0 Å². The van der Waals surface area contributed by atoms with E-state index in [1.54, 1.807) is 11.8 Å². The van der Waals surface area contributed by atoms with Crippen molar-refractivity contribution in [2.24, 2.45) is 0 Å². The Hall–Kier alpha value is -0.670. The summed E-state index contributed by atoms with van der Waals surface area (Å²) in [5, 5.41) is 13.2. The lowest BCUT2D eigenvalue weighted by Crippen LogP contribution is -2.28. The number of nitrogens with one attached hydrogen (secondary N) is 1. The molecule has 0 bridgehead atoms. The van der Waals surface area contributed by atoms with E-state index in [0.717, 1.165) is 24.9 Å². The van der Waals surface area contributed by atoms with Crippen LogP contribution in [0.3, 0.4) is 0 Å². The van der Waals surface area contributed by atoms with Crippen LogP contribution in [0.5, 0.6) is 0 Å². The Labute approximate surface area is 95.1 Å². The molecule has 3 heteroatoms. The van der Waals surface area contributed by atoms with Gasteiger partial charge in [0.2, 0.25) is 0 Å². The molecule has 2 N–H and O–H groups in total. The second-order valence-electron chi connectivity index (χ2n) is 3.95. The Morgan fingerprint density at radius 3 is 2.80 bits per heavy atom. The lowest BCUT2D eigenvalue weighted by atomic mass is 10.2. The van der Waals surface area contributed by atoms with Crippen molar-refractivity contribution < 1.29 is 5.11 Å². The van der Waals surface area contributed by atoms with Crippen molar-refractivity contribution in [3.8, 4) is 0 Å². The van der Waals surface area contributed by atoms with Gasteiger partial charge in [0, 0.05) is 10.6 Å². The zero-order chi connectivity index (χ0) is 10.7. The van der Waals surface area contributed by atoms with Gasteiger partial charge in [-0.25, -0.2) is 0 Å². The highest BCUT2D eigenvalue weighted by Crippen LogP contribution is 2.29. The average Bonchev–Trinajstić information content (AvgIpc) is 2.65. The van der Waals surface area contributed by atoms with Crippen molar-refractivity contribution in [1.82, 2.24) is 0 Å². The number of rotatable bonds is 3. The van der Waals surface area contributed by atoms with Crippen molar-refractivity contribution in [1.29, 1.82) is 0 Å². The molecule has 0 spiro atoms.